The molecule has 0 amide bonds. The van der Waals surface area contributed by atoms with E-state index in [0.717, 1.165) is 6.07 Å². The van der Waals surface area contributed by atoms with Crippen LogP contribution in [0.1, 0.15) is 50.2 Å². The van der Waals surface area contributed by atoms with E-state index in [1.165, 1.54) is 18.3 Å². The van der Waals surface area contributed by atoms with Crippen LogP contribution in [0.5, 0.6) is 5.75 Å². The highest BCUT2D eigenvalue weighted by atomic mass is 19.3. The van der Waals surface area contributed by atoms with Crippen molar-refractivity contribution in [2.24, 2.45) is 0 Å². The molecule has 2 aromatic rings. The van der Waals surface area contributed by atoms with E-state index in [4.69, 9.17) is 4.74 Å². The fourth-order valence-corrected chi connectivity index (χ4v) is 2.28. The number of hydrogen-bond donors (Lipinski definition) is 2. The Morgan fingerprint density at radius 3 is 2.54 bits per heavy atom. The Morgan fingerprint density at radius 1 is 1.27 bits per heavy atom. The molecule has 142 valence electrons. The molecular weight excluding hydrogens is 347 g/mol. The predicted molar refractivity (Wildman–Crippen MR) is 92.0 cm³/mol. The first-order chi connectivity index (χ1) is 12.1. The molecule has 0 saturated carbocycles. The monoisotopic (exact) mass is 369 g/mol. The minimum Gasteiger partial charge on any atom is -0.485 e. The number of halogens is 3. The van der Waals surface area contributed by atoms with Crippen molar-refractivity contribution >= 4 is 5.82 Å². The Kier molecular flexibility index (Phi) is 6.07. The summed E-state index contributed by atoms with van der Waals surface area (Å²) in [5, 5.41) is 12.8. The van der Waals surface area contributed by atoms with Crippen LogP contribution < -0.4 is 10.1 Å². The second-order valence-electron chi connectivity index (χ2n) is 6.65. The van der Waals surface area contributed by atoms with Crippen LogP contribution in [0.4, 0.5) is 19.0 Å². The van der Waals surface area contributed by atoms with Crippen molar-refractivity contribution in [1.82, 2.24) is 9.97 Å². The quantitative estimate of drug-likeness (QED) is 0.766. The first kappa shape index (κ1) is 20.0. The number of alkyl halides is 2. The molecule has 1 heterocycles. The van der Waals surface area contributed by atoms with Gasteiger partial charge in [0.15, 0.2) is 11.6 Å². The number of anilines is 1. The highest BCUT2D eigenvalue weighted by molar-refractivity contribution is 5.50. The van der Waals surface area contributed by atoms with Crippen molar-refractivity contribution in [3.63, 3.8) is 0 Å². The highest BCUT2D eigenvalue weighted by Gasteiger charge is 2.21. The molecule has 0 spiro atoms. The molecule has 0 radical (unpaired) electrons. The third kappa shape index (κ3) is 5.08. The van der Waals surface area contributed by atoms with E-state index in [-0.39, 0.29) is 23.7 Å². The van der Waals surface area contributed by atoms with Crippen LogP contribution in [0.15, 0.2) is 24.4 Å². The van der Waals surface area contributed by atoms with E-state index >= 15 is 0 Å². The van der Waals surface area contributed by atoms with Crippen molar-refractivity contribution in [3.05, 3.63) is 47.2 Å². The number of aromatic nitrogens is 2. The summed E-state index contributed by atoms with van der Waals surface area (Å²) in [4.78, 5) is 8.27. The molecule has 0 unspecified atom stereocenters. The Balaban J connectivity index is 2.27. The molecule has 0 aliphatic carbocycles. The Bertz CT molecular complexity index is 764. The number of nitrogens with one attached hydrogen (secondary N) is 1. The molecule has 0 bridgehead atoms. The maximum Gasteiger partial charge on any atom is 0.266 e. The SMILES string of the molecule is Cc1ncc(OCC(C)(C)O)c(N[C@H](C)c2cccc(C(F)F)c2F)n1. The van der Waals surface area contributed by atoms with Gasteiger partial charge < -0.3 is 15.2 Å². The number of benzene rings is 1. The van der Waals surface area contributed by atoms with E-state index in [9.17, 15) is 18.3 Å². The topological polar surface area (TPSA) is 67.3 Å². The Hall–Kier alpha value is -2.35. The lowest BCUT2D eigenvalue weighted by atomic mass is 10.0. The zero-order valence-electron chi connectivity index (χ0n) is 15.1. The second kappa shape index (κ2) is 7.90. The summed E-state index contributed by atoms with van der Waals surface area (Å²) in [7, 11) is 0. The zero-order chi connectivity index (χ0) is 19.5. The summed E-state index contributed by atoms with van der Waals surface area (Å²) in [6.45, 7) is 6.47. The highest BCUT2D eigenvalue weighted by Crippen LogP contribution is 2.31. The Labute approximate surface area is 150 Å². The van der Waals surface area contributed by atoms with Gasteiger partial charge >= 0.3 is 0 Å². The first-order valence-electron chi connectivity index (χ1n) is 8.10. The maximum atomic E-state index is 14.3. The average Bonchev–Trinajstić information content (AvgIpc) is 2.53. The summed E-state index contributed by atoms with van der Waals surface area (Å²) in [5.74, 6) is 0.0652. The van der Waals surface area contributed by atoms with Crippen LogP contribution in [0.25, 0.3) is 0 Å². The van der Waals surface area contributed by atoms with Crippen molar-refractivity contribution in [3.8, 4) is 5.75 Å². The van der Waals surface area contributed by atoms with E-state index in [2.05, 4.69) is 15.3 Å². The molecule has 5 nitrogen and oxygen atoms in total. The van der Waals surface area contributed by atoms with Gasteiger partial charge in [0.1, 0.15) is 18.2 Å². The van der Waals surface area contributed by atoms with E-state index in [1.54, 1.807) is 27.7 Å². The molecule has 0 aliphatic heterocycles. The average molecular weight is 369 g/mol. The predicted octanol–water partition coefficient (Wildman–Crippen LogP) is 4.18. The molecule has 26 heavy (non-hydrogen) atoms. The fourth-order valence-electron chi connectivity index (χ4n) is 2.28. The largest absolute Gasteiger partial charge is 0.485 e. The van der Waals surface area contributed by atoms with Crippen LogP contribution in [-0.4, -0.2) is 27.3 Å². The molecule has 2 rings (SSSR count). The van der Waals surface area contributed by atoms with Crippen LogP contribution in [-0.2, 0) is 0 Å². The summed E-state index contributed by atoms with van der Waals surface area (Å²) < 4.78 is 45.7. The summed E-state index contributed by atoms with van der Waals surface area (Å²) in [6, 6.07) is 3.23. The molecule has 0 aliphatic rings. The number of aliphatic hydroxyl groups is 1. The van der Waals surface area contributed by atoms with Crippen molar-refractivity contribution in [2.75, 3.05) is 11.9 Å². The third-order valence-corrected chi connectivity index (χ3v) is 3.57. The summed E-state index contributed by atoms with van der Waals surface area (Å²) in [5.41, 5.74) is -1.62. The van der Waals surface area contributed by atoms with Crippen LogP contribution in [0, 0.1) is 12.7 Å². The van der Waals surface area contributed by atoms with Gasteiger partial charge in [0.2, 0.25) is 0 Å². The molecule has 8 heteroatoms. The van der Waals surface area contributed by atoms with Gasteiger partial charge in [-0.3, -0.25) is 0 Å². The molecule has 1 atom stereocenters. The first-order valence-corrected chi connectivity index (χ1v) is 8.10. The molecule has 0 fully saturated rings. The van der Waals surface area contributed by atoms with Gasteiger partial charge in [0, 0.05) is 5.56 Å². The smallest absolute Gasteiger partial charge is 0.266 e. The number of aryl methyl sites for hydroxylation is 1. The van der Waals surface area contributed by atoms with Crippen LogP contribution >= 0.6 is 0 Å². The number of hydrogen-bond acceptors (Lipinski definition) is 5. The molecule has 1 aromatic heterocycles. The van der Waals surface area contributed by atoms with Gasteiger partial charge in [0.05, 0.1) is 23.4 Å². The molecule has 0 saturated heterocycles. The van der Waals surface area contributed by atoms with E-state index < -0.39 is 29.4 Å². The second-order valence-corrected chi connectivity index (χ2v) is 6.65. The van der Waals surface area contributed by atoms with Gasteiger partial charge in [-0.1, -0.05) is 18.2 Å². The van der Waals surface area contributed by atoms with Crippen LogP contribution in [0.3, 0.4) is 0 Å². The number of rotatable bonds is 7. The minimum atomic E-state index is -2.89. The molecule has 1 aromatic carbocycles. The minimum absolute atomic E-state index is 0.00227. The molecule has 2 N–H and O–H groups in total. The van der Waals surface area contributed by atoms with Gasteiger partial charge in [-0.25, -0.2) is 23.1 Å². The van der Waals surface area contributed by atoms with E-state index in [1.807, 2.05) is 0 Å². The lowest BCUT2D eigenvalue weighted by Crippen LogP contribution is -2.28. The summed E-state index contributed by atoms with van der Waals surface area (Å²) >= 11 is 0. The normalized spacial score (nSPS) is 13.0. The van der Waals surface area contributed by atoms with Gasteiger partial charge in [0.25, 0.3) is 6.43 Å². The fraction of sp³-hybridized carbons (Fsp3) is 0.444. The lowest BCUT2D eigenvalue weighted by Gasteiger charge is -2.21. The van der Waals surface area contributed by atoms with Crippen molar-refractivity contribution in [1.29, 1.82) is 0 Å². The standard InChI is InChI=1S/C18H22F3N3O2/c1-10(12-6-5-7-13(15(12)19)16(20)21)23-17-14(8-22-11(2)24-17)26-9-18(3,4)25/h5-8,10,16,25H,9H2,1-4H3,(H,22,23,24)/t10-/m1/s1. The summed E-state index contributed by atoms with van der Waals surface area (Å²) in [6.07, 6.45) is -1.45. The van der Waals surface area contributed by atoms with Crippen molar-refractivity contribution in [2.45, 2.75) is 45.8 Å². The third-order valence-electron chi connectivity index (χ3n) is 3.57. The van der Waals surface area contributed by atoms with Gasteiger partial charge in [-0.15, -0.1) is 0 Å². The lowest BCUT2D eigenvalue weighted by molar-refractivity contribution is 0.0285. The van der Waals surface area contributed by atoms with E-state index in [0.29, 0.717) is 5.82 Å². The Morgan fingerprint density at radius 2 is 1.92 bits per heavy atom. The number of nitrogens with zero attached hydrogens (tertiary/aromatic N) is 2. The van der Waals surface area contributed by atoms with Gasteiger partial charge in [-0.05, 0) is 27.7 Å². The zero-order valence-corrected chi connectivity index (χ0v) is 15.1. The van der Waals surface area contributed by atoms with Crippen LogP contribution in [0.2, 0.25) is 0 Å². The maximum absolute atomic E-state index is 14.3. The van der Waals surface area contributed by atoms with Gasteiger partial charge in [-0.2, -0.15) is 0 Å². The van der Waals surface area contributed by atoms with Crippen molar-refractivity contribution < 1.29 is 23.0 Å². The molecular formula is C18H22F3N3O2. The number of ether oxygens (including phenoxy) is 1.